The SMILES string of the molecule is Cc1ccc2c3ccccc3n(-c3cc4c5c(c3)Oc3cc(-n6c7ccccc7c7cc(C)c8c9cc%10c(cc9sc8c76)C(C)(C)c6ccccc6-%10)ccc3B5c3ccc(-c5ccccc5)cc3O4)c2c1. The summed E-state index contributed by atoms with van der Waals surface area (Å²) < 4.78 is 21.9. The molecule has 16 rings (SSSR count). The highest BCUT2D eigenvalue weighted by molar-refractivity contribution is 7.26. The van der Waals surface area contributed by atoms with Crippen molar-refractivity contribution in [2.75, 3.05) is 0 Å². The Balaban J connectivity index is 0.931. The molecule has 2 aliphatic heterocycles. The minimum atomic E-state index is -0.104. The summed E-state index contributed by atoms with van der Waals surface area (Å²) in [5.74, 6) is 3.34. The summed E-state index contributed by atoms with van der Waals surface area (Å²) in [5.41, 5.74) is 20.3. The van der Waals surface area contributed by atoms with E-state index < -0.39 is 0 Å². The number of hydrogen-bond acceptors (Lipinski definition) is 3. The molecule has 3 aliphatic rings. The molecule has 0 N–H and O–H groups in total. The summed E-state index contributed by atoms with van der Waals surface area (Å²) in [4.78, 5) is 0. The molecule has 334 valence electrons. The molecule has 1 aliphatic carbocycles. The molecule has 5 heterocycles. The van der Waals surface area contributed by atoms with Gasteiger partial charge in [-0.3, -0.25) is 0 Å². The second-order valence-corrected chi connectivity index (χ2v) is 21.6. The first-order valence-electron chi connectivity index (χ1n) is 24.7. The second-order valence-electron chi connectivity index (χ2n) is 20.5. The number of thiophene rings is 1. The highest BCUT2D eigenvalue weighted by Crippen LogP contribution is 2.53. The van der Waals surface area contributed by atoms with Crippen LogP contribution in [-0.4, -0.2) is 15.8 Å². The molecule has 0 unspecified atom stereocenters. The first-order chi connectivity index (χ1) is 34.8. The molecule has 0 bridgehead atoms. The van der Waals surface area contributed by atoms with Gasteiger partial charge in [-0.1, -0.05) is 135 Å². The lowest BCUT2D eigenvalue weighted by atomic mass is 9.35. The van der Waals surface area contributed by atoms with Crippen LogP contribution in [0.5, 0.6) is 23.0 Å². The standard InChI is InChI=1S/C65H43BN2O2S/c1-36-22-25-45-43-17-9-12-20-53(43)67(55(45)28-36)41-32-58-62-59(33-41)70-57-31-40(24-27-52(57)66(62)51-26-23-39(30-56(51)69-58)38-14-6-5-7-15-38)68-54-21-13-10-18-44(54)47-29-37(2)61-48-34-46-42-16-8-11-19-49(42)65(3,4)50(46)35-60(48)71-64(61)63(47)68/h5-35H,1-4H3. The molecular formula is C65H43BN2O2S. The Morgan fingerprint density at radius 2 is 1.13 bits per heavy atom. The molecule has 0 saturated carbocycles. The Bertz CT molecular complexity index is 4530. The molecule has 71 heavy (non-hydrogen) atoms. The Morgan fingerprint density at radius 3 is 1.93 bits per heavy atom. The normalized spacial score (nSPS) is 13.9. The third-order valence-corrected chi connectivity index (χ3v) is 17.3. The summed E-state index contributed by atoms with van der Waals surface area (Å²) in [6.07, 6.45) is 0. The molecule has 0 atom stereocenters. The predicted octanol–water partition coefficient (Wildman–Crippen LogP) is 15.6. The number of rotatable bonds is 3. The van der Waals surface area contributed by atoms with Gasteiger partial charge in [0.15, 0.2) is 0 Å². The summed E-state index contributed by atoms with van der Waals surface area (Å²) >= 11 is 1.93. The number of para-hydroxylation sites is 2. The third-order valence-electron chi connectivity index (χ3n) is 16.2. The van der Waals surface area contributed by atoms with Crippen LogP contribution >= 0.6 is 11.3 Å². The van der Waals surface area contributed by atoms with E-state index in [0.717, 1.165) is 72.9 Å². The van der Waals surface area contributed by atoms with Gasteiger partial charge in [0.1, 0.15) is 23.0 Å². The average Bonchev–Trinajstić information content (AvgIpc) is 4.11. The van der Waals surface area contributed by atoms with Crippen LogP contribution < -0.4 is 25.9 Å². The van der Waals surface area contributed by atoms with Gasteiger partial charge in [0.2, 0.25) is 0 Å². The first-order valence-corrected chi connectivity index (χ1v) is 25.5. The maximum absolute atomic E-state index is 7.33. The van der Waals surface area contributed by atoms with E-state index in [-0.39, 0.29) is 12.1 Å². The van der Waals surface area contributed by atoms with E-state index in [1.807, 2.05) is 11.3 Å². The summed E-state index contributed by atoms with van der Waals surface area (Å²) in [6.45, 7) is 9.12. The summed E-state index contributed by atoms with van der Waals surface area (Å²) in [5, 5.41) is 7.61. The van der Waals surface area contributed by atoms with E-state index >= 15 is 0 Å². The van der Waals surface area contributed by atoms with Crippen molar-refractivity contribution < 1.29 is 9.47 Å². The van der Waals surface area contributed by atoms with Gasteiger partial charge in [-0.25, -0.2) is 0 Å². The minimum absolute atomic E-state index is 0.0729. The largest absolute Gasteiger partial charge is 0.458 e. The van der Waals surface area contributed by atoms with Crippen LogP contribution in [-0.2, 0) is 5.41 Å². The number of ether oxygens (including phenoxy) is 2. The van der Waals surface area contributed by atoms with Gasteiger partial charge in [-0.05, 0) is 118 Å². The Labute approximate surface area is 414 Å². The molecule has 3 aromatic heterocycles. The fourth-order valence-electron chi connectivity index (χ4n) is 12.9. The summed E-state index contributed by atoms with van der Waals surface area (Å²) in [6, 6.07) is 69.5. The van der Waals surface area contributed by atoms with Crippen molar-refractivity contribution in [3.63, 3.8) is 0 Å². The van der Waals surface area contributed by atoms with E-state index in [2.05, 4.69) is 225 Å². The monoisotopic (exact) mass is 926 g/mol. The smallest absolute Gasteiger partial charge is 0.260 e. The molecule has 0 radical (unpaired) electrons. The zero-order valence-electron chi connectivity index (χ0n) is 39.6. The fourth-order valence-corrected chi connectivity index (χ4v) is 14.3. The van der Waals surface area contributed by atoms with Crippen molar-refractivity contribution in [2.45, 2.75) is 33.1 Å². The number of fused-ring (bicyclic) bond motifs is 17. The number of hydrogen-bond donors (Lipinski definition) is 0. The maximum atomic E-state index is 7.33. The van der Waals surface area contributed by atoms with Crippen molar-refractivity contribution in [2.24, 2.45) is 0 Å². The van der Waals surface area contributed by atoms with Gasteiger partial charge < -0.3 is 18.6 Å². The van der Waals surface area contributed by atoms with E-state index in [9.17, 15) is 0 Å². The van der Waals surface area contributed by atoms with E-state index in [4.69, 9.17) is 9.47 Å². The van der Waals surface area contributed by atoms with Crippen LogP contribution in [0.15, 0.2) is 188 Å². The number of nitrogens with zero attached hydrogens (tertiary/aromatic N) is 2. The number of benzene rings is 10. The second kappa shape index (κ2) is 13.9. The molecule has 0 fully saturated rings. The average molecular weight is 927 g/mol. The Kier molecular flexibility index (Phi) is 7.76. The molecule has 0 amide bonds. The van der Waals surface area contributed by atoms with Crippen molar-refractivity contribution in [3.05, 3.63) is 210 Å². The highest BCUT2D eigenvalue weighted by atomic mass is 32.1. The van der Waals surface area contributed by atoms with Crippen LogP contribution in [0.1, 0.15) is 36.1 Å². The third kappa shape index (κ3) is 5.30. The van der Waals surface area contributed by atoms with Gasteiger partial charge >= 0.3 is 0 Å². The summed E-state index contributed by atoms with van der Waals surface area (Å²) in [7, 11) is 0. The number of aryl methyl sites for hydroxylation is 2. The molecule has 0 saturated heterocycles. The molecular weight excluding hydrogens is 884 g/mol. The topological polar surface area (TPSA) is 28.3 Å². The lowest BCUT2D eigenvalue weighted by Crippen LogP contribution is -2.57. The fraction of sp³-hybridized carbons (Fsp3) is 0.0769. The maximum Gasteiger partial charge on any atom is 0.260 e. The molecule has 13 aromatic rings. The van der Waals surface area contributed by atoms with Crippen LogP contribution in [0, 0.1) is 13.8 Å². The molecule has 6 heteroatoms. The van der Waals surface area contributed by atoms with Gasteiger partial charge in [-0.2, -0.15) is 0 Å². The lowest BCUT2D eigenvalue weighted by Gasteiger charge is -2.34. The predicted molar refractivity (Wildman–Crippen MR) is 298 cm³/mol. The van der Waals surface area contributed by atoms with Gasteiger partial charge in [0, 0.05) is 71.8 Å². The first kappa shape index (κ1) is 39.5. The Hall–Kier alpha value is -8.32. The van der Waals surface area contributed by atoms with Crippen LogP contribution in [0.4, 0.5) is 0 Å². The van der Waals surface area contributed by atoms with Crippen molar-refractivity contribution in [1.29, 1.82) is 0 Å². The van der Waals surface area contributed by atoms with Crippen LogP contribution in [0.25, 0.3) is 97.4 Å². The molecule has 4 nitrogen and oxygen atoms in total. The van der Waals surface area contributed by atoms with E-state index in [0.29, 0.717) is 0 Å². The Morgan fingerprint density at radius 1 is 0.465 bits per heavy atom. The van der Waals surface area contributed by atoms with Crippen LogP contribution in [0.3, 0.4) is 0 Å². The van der Waals surface area contributed by atoms with E-state index in [1.54, 1.807) is 0 Å². The molecule has 10 aromatic carbocycles. The van der Waals surface area contributed by atoms with Crippen LogP contribution in [0.2, 0.25) is 0 Å². The van der Waals surface area contributed by atoms with Gasteiger partial charge in [-0.15, -0.1) is 11.3 Å². The van der Waals surface area contributed by atoms with Crippen molar-refractivity contribution in [3.8, 4) is 56.6 Å². The van der Waals surface area contributed by atoms with E-state index in [1.165, 1.54) is 86.1 Å². The van der Waals surface area contributed by atoms with Gasteiger partial charge in [0.25, 0.3) is 6.71 Å². The number of aromatic nitrogens is 2. The van der Waals surface area contributed by atoms with Gasteiger partial charge in [0.05, 0.1) is 32.5 Å². The quantitative estimate of drug-likeness (QED) is 0.165. The highest BCUT2D eigenvalue weighted by Gasteiger charge is 2.41. The van der Waals surface area contributed by atoms with Crippen molar-refractivity contribution >= 4 is 98.2 Å². The lowest BCUT2D eigenvalue weighted by molar-refractivity contribution is 0.464. The molecule has 0 spiro atoms. The zero-order valence-corrected chi connectivity index (χ0v) is 40.4. The zero-order chi connectivity index (χ0) is 47.0. The minimum Gasteiger partial charge on any atom is -0.458 e. The van der Waals surface area contributed by atoms with Crippen molar-refractivity contribution in [1.82, 2.24) is 9.13 Å².